The van der Waals surface area contributed by atoms with Gasteiger partial charge in [0.05, 0.1) is 5.60 Å². The molecule has 1 aromatic carbocycles. The Hall–Kier alpha value is -1.95. The molecule has 0 radical (unpaired) electrons. The lowest BCUT2D eigenvalue weighted by Crippen LogP contribution is -2.15. The van der Waals surface area contributed by atoms with Crippen LogP contribution in [-0.4, -0.2) is 19.9 Å². The van der Waals surface area contributed by atoms with E-state index in [0.29, 0.717) is 17.9 Å². The van der Waals surface area contributed by atoms with Crippen LogP contribution in [0, 0.1) is 5.82 Å². The molecule has 0 atom stereocenters. The molecule has 2 aromatic rings. The zero-order valence-electron chi connectivity index (χ0n) is 11.8. The molecule has 0 bridgehead atoms. The fourth-order valence-corrected chi connectivity index (χ4v) is 1.80. The third-order valence-electron chi connectivity index (χ3n) is 2.99. The van der Waals surface area contributed by atoms with Gasteiger partial charge in [-0.3, -0.25) is 0 Å². The summed E-state index contributed by atoms with van der Waals surface area (Å²) in [5, 5.41) is 13.8. The summed E-state index contributed by atoms with van der Waals surface area (Å²) in [4.78, 5) is 4.05. The Labute approximate surface area is 117 Å². The van der Waals surface area contributed by atoms with Gasteiger partial charge in [0, 0.05) is 6.54 Å². The Morgan fingerprint density at radius 1 is 1.40 bits per heavy atom. The van der Waals surface area contributed by atoms with E-state index in [4.69, 9.17) is 4.74 Å². The van der Waals surface area contributed by atoms with Gasteiger partial charge in [0.25, 0.3) is 0 Å². The number of hydrogen-bond donors (Lipinski definition) is 1. The van der Waals surface area contributed by atoms with E-state index in [9.17, 15) is 9.50 Å². The lowest BCUT2D eigenvalue weighted by molar-refractivity contribution is 0.0781. The third-order valence-corrected chi connectivity index (χ3v) is 2.99. The lowest BCUT2D eigenvalue weighted by atomic mass is 9.98. The Bertz CT molecular complexity index is 590. The summed E-state index contributed by atoms with van der Waals surface area (Å²) >= 11 is 0. The number of benzene rings is 1. The first-order chi connectivity index (χ1) is 9.41. The Balaban J connectivity index is 2.11. The molecular weight excluding hydrogens is 261 g/mol. The van der Waals surface area contributed by atoms with Gasteiger partial charge in [-0.15, -0.1) is 0 Å². The number of halogens is 1. The van der Waals surface area contributed by atoms with Gasteiger partial charge in [-0.25, -0.2) is 14.1 Å². The summed E-state index contributed by atoms with van der Waals surface area (Å²) in [6, 6.07) is 4.43. The fraction of sp³-hybridized carbons (Fsp3) is 0.429. The average Bonchev–Trinajstić information content (AvgIpc) is 2.83. The van der Waals surface area contributed by atoms with E-state index < -0.39 is 11.4 Å². The van der Waals surface area contributed by atoms with Crippen LogP contribution in [0.3, 0.4) is 0 Å². The molecule has 108 valence electrons. The summed E-state index contributed by atoms with van der Waals surface area (Å²) in [6.45, 7) is 5.97. The number of aliphatic hydroxyl groups is 1. The topological polar surface area (TPSA) is 60.2 Å². The van der Waals surface area contributed by atoms with E-state index in [1.165, 1.54) is 18.5 Å². The molecule has 20 heavy (non-hydrogen) atoms. The molecule has 0 saturated heterocycles. The zero-order chi connectivity index (χ0) is 14.8. The minimum Gasteiger partial charge on any atom is -0.483 e. The van der Waals surface area contributed by atoms with Crippen LogP contribution in [0.1, 0.15) is 32.2 Å². The van der Waals surface area contributed by atoms with Crippen LogP contribution in [0.2, 0.25) is 0 Å². The van der Waals surface area contributed by atoms with Crippen molar-refractivity contribution in [1.29, 1.82) is 0 Å². The minimum absolute atomic E-state index is 0.128. The van der Waals surface area contributed by atoms with Crippen molar-refractivity contribution in [3.63, 3.8) is 0 Å². The number of aryl methyl sites for hydroxylation is 1. The molecule has 2 rings (SSSR count). The van der Waals surface area contributed by atoms with Gasteiger partial charge in [-0.1, -0.05) is 6.07 Å². The van der Waals surface area contributed by atoms with Gasteiger partial charge in [0.15, 0.2) is 17.4 Å². The number of nitrogens with zero attached hydrogens (tertiary/aromatic N) is 3. The maximum absolute atomic E-state index is 13.9. The van der Waals surface area contributed by atoms with E-state index in [1.54, 1.807) is 24.6 Å². The molecule has 1 heterocycles. The zero-order valence-corrected chi connectivity index (χ0v) is 11.8. The van der Waals surface area contributed by atoms with Crippen LogP contribution in [0.4, 0.5) is 4.39 Å². The number of rotatable bonds is 5. The maximum atomic E-state index is 13.9. The molecule has 0 fully saturated rings. The first kappa shape index (κ1) is 14.5. The van der Waals surface area contributed by atoms with Crippen molar-refractivity contribution in [2.24, 2.45) is 0 Å². The van der Waals surface area contributed by atoms with Crippen molar-refractivity contribution in [2.45, 2.75) is 39.5 Å². The van der Waals surface area contributed by atoms with E-state index >= 15 is 0 Å². The number of aromatic nitrogens is 3. The molecule has 0 unspecified atom stereocenters. The minimum atomic E-state index is -1.08. The molecular formula is C14H18FN3O2. The highest BCUT2D eigenvalue weighted by Crippen LogP contribution is 2.25. The Kier molecular flexibility index (Phi) is 4.04. The van der Waals surface area contributed by atoms with Crippen LogP contribution in [0.25, 0.3) is 0 Å². The predicted octanol–water partition coefficient (Wildman–Crippen LogP) is 2.24. The van der Waals surface area contributed by atoms with E-state index in [1.807, 2.05) is 6.92 Å². The third kappa shape index (κ3) is 3.14. The lowest BCUT2D eigenvalue weighted by Gasteiger charge is -2.18. The van der Waals surface area contributed by atoms with Gasteiger partial charge in [-0.2, -0.15) is 5.10 Å². The van der Waals surface area contributed by atoms with Gasteiger partial charge < -0.3 is 9.84 Å². The molecule has 1 N–H and O–H groups in total. The van der Waals surface area contributed by atoms with Crippen LogP contribution < -0.4 is 4.74 Å². The van der Waals surface area contributed by atoms with E-state index in [-0.39, 0.29) is 12.4 Å². The van der Waals surface area contributed by atoms with Crippen LogP contribution in [0.15, 0.2) is 24.5 Å². The second kappa shape index (κ2) is 5.58. The second-order valence-corrected chi connectivity index (χ2v) is 4.98. The smallest absolute Gasteiger partial charge is 0.165 e. The van der Waals surface area contributed by atoms with Gasteiger partial charge in [-0.05, 0) is 38.5 Å². The Morgan fingerprint density at radius 3 is 2.75 bits per heavy atom. The van der Waals surface area contributed by atoms with Crippen LogP contribution >= 0.6 is 0 Å². The highest BCUT2D eigenvalue weighted by Gasteiger charge is 2.18. The molecule has 0 amide bonds. The first-order valence-corrected chi connectivity index (χ1v) is 6.43. The summed E-state index contributed by atoms with van der Waals surface area (Å²) in [5.74, 6) is 0.259. The van der Waals surface area contributed by atoms with E-state index in [0.717, 1.165) is 0 Å². The molecule has 0 aliphatic rings. The molecule has 0 aliphatic heterocycles. The highest BCUT2D eigenvalue weighted by atomic mass is 19.1. The monoisotopic (exact) mass is 279 g/mol. The molecule has 0 aliphatic carbocycles. The fourth-order valence-electron chi connectivity index (χ4n) is 1.80. The highest BCUT2D eigenvalue weighted by molar-refractivity contribution is 5.32. The van der Waals surface area contributed by atoms with Crippen LogP contribution in [0.5, 0.6) is 5.75 Å². The Morgan fingerprint density at radius 2 is 2.15 bits per heavy atom. The summed E-state index contributed by atoms with van der Waals surface area (Å²) in [5.41, 5.74) is -0.582. The quantitative estimate of drug-likeness (QED) is 0.912. The van der Waals surface area contributed by atoms with Crippen molar-refractivity contribution in [1.82, 2.24) is 14.8 Å². The van der Waals surface area contributed by atoms with Crippen molar-refractivity contribution in [3.8, 4) is 5.75 Å². The molecule has 6 heteroatoms. The van der Waals surface area contributed by atoms with Gasteiger partial charge in [0.2, 0.25) is 0 Å². The summed E-state index contributed by atoms with van der Waals surface area (Å²) in [6.07, 6.45) is 1.44. The SMILES string of the molecule is CCn1ncnc1COc1ccc(C(C)(C)O)cc1F. The van der Waals surface area contributed by atoms with Crippen molar-refractivity contribution < 1.29 is 14.2 Å². The summed E-state index contributed by atoms with van der Waals surface area (Å²) < 4.78 is 21.0. The molecule has 1 aromatic heterocycles. The van der Waals surface area contributed by atoms with Gasteiger partial charge in [0.1, 0.15) is 12.9 Å². The molecule has 5 nitrogen and oxygen atoms in total. The molecule has 0 spiro atoms. The van der Waals surface area contributed by atoms with Crippen molar-refractivity contribution in [3.05, 3.63) is 41.7 Å². The van der Waals surface area contributed by atoms with Crippen molar-refractivity contribution in [2.75, 3.05) is 0 Å². The predicted molar refractivity (Wildman–Crippen MR) is 71.7 cm³/mol. The normalized spacial score (nSPS) is 11.7. The van der Waals surface area contributed by atoms with Gasteiger partial charge >= 0.3 is 0 Å². The number of hydrogen-bond acceptors (Lipinski definition) is 4. The van der Waals surface area contributed by atoms with Crippen LogP contribution in [-0.2, 0) is 18.8 Å². The largest absolute Gasteiger partial charge is 0.483 e. The number of ether oxygens (including phenoxy) is 1. The standard InChI is InChI=1S/C14H18FN3O2/c1-4-18-13(16-9-17-18)8-20-12-6-5-10(7-11(12)15)14(2,3)19/h5-7,9,19H,4,8H2,1-3H3. The molecule has 0 saturated carbocycles. The summed E-state index contributed by atoms with van der Waals surface area (Å²) in [7, 11) is 0. The van der Waals surface area contributed by atoms with Crippen molar-refractivity contribution >= 4 is 0 Å². The van der Waals surface area contributed by atoms with E-state index in [2.05, 4.69) is 10.1 Å². The second-order valence-electron chi connectivity index (χ2n) is 4.98. The average molecular weight is 279 g/mol. The maximum Gasteiger partial charge on any atom is 0.165 e. The first-order valence-electron chi connectivity index (χ1n) is 6.43.